The number of benzene rings is 1. The number of nitrogens with one attached hydrogen (secondary N) is 1. The molecule has 7 heteroatoms. The fourth-order valence-electron chi connectivity index (χ4n) is 2.17. The number of hydrogen-bond acceptors (Lipinski definition) is 3. The van der Waals surface area contributed by atoms with E-state index in [0.717, 1.165) is 12.5 Å². The standard InChI is InChI=1S/C17H20F3NO3/c1-11(22)10-14(17(18,19)20)16(24)21-12(2)15(23)9-8-13-6-4-3-5-7-13/h3-7,12,14H,8-10H2,1-2H3,(H,21,24)/t12-,14?/m0/s1. The maximum Gasteiger partial charge on any atom is 0.400 e. The second kappa shape index (κ2) is 8.61. The number of amides is 1. The molecular formula is C17H20F3NO3. The summed E-state index contributed by atoms with van der Waals surface area (Å²) < 4.78 is 38.6. The molecule has 0 spiro atoms. The van der Waals surface area contributed by atoms with Gasteiger partial charge in [0, 0.05) is 12.8 Å². The van der Waals surface area contributed by atoms with Gasteiger partial charge in [0.15, 0.2) is 5.78 Å². The van der Waals surface area contributed by atoms with Crippen LogP contribution in [0.4, 0.5) is 13.2 Å². The summed E-state index contributed by atoms with van der Waals surface area (Å²) in [5, 5.41) is 2.07. The third kappa shape index (κ3) is 6.52. The largest absolute Gasteiger partial charge is 0.400 e. The second-order valence-corrected chi connectivity index (χ2v) is 5.68. The van der Waals surface area contributed by atoms with Crippen LogP contribution in [0.2, 0.25) is 0 Å². The highest BCUT2D eigenvalue weighted by Gasteiger charge is 2.45. The second-order valence-electron chi connectivity index (χ2n) is 5.68. The van der Waals surface area contributed by atoms with Crippen LogP contribution in [0.15, 0.2) is 30.3 Å². The number of Topliss-reactive ketones (excluding diaryl/α,β-unsaturated/α-hetero) is 2. The van der Waals surface area contributed by atoms with E-state index in [1.165, 1.54) is 6.92 Å². The van der Waals surface area contributed by atoms with Crippen LogP contribution >= 0.6 is 0 Å². The predicted octanol–water partition coefficient (Wildman–Crippen LogP) is 2.85. The van der Waals surface area contributed by atoms with E-state index in [9.17, 15) is 27.6 Å². The van der Waals surface area contributed by atoms with Crippen molar-refractivity contribution in [2.75, 3.05) is 0 Å². The summed E-state index contributed by atoms with van der Waals surface area (Å²) in [5.74, 6) is -4.89. The summed E-state index contributed by atoms with van der Waals surface area (Å²) in [5.41, 5.74) is 0.925. The molecule has 0 radical (unpaired) electrons. The van der Waals surface area contributed by atoms with Crippen molar-refractivity contribution in [1.29, 1.82) is 0 Å². The van der Waals surface area contributed by atoms with Crippen LogP contribution in [0.3, 0.4) is 0 Å². The first-order valence-corrected chi connectivity index (χ1v) is 7.54. The lowest BCUT2D eigenvalue weighted by Gasteiger charge is -2.21. The molecular weight excluding hydrogens is 323 g/mol. The van der Waals surface area contributed by atoms with E-state index in [-0.39, 0.29) is 12.2 Å². The lowest BCUT2D eigenvalue weighted by atomic mass is 9.99. The highest BCUT2D eigenvalue weighted by molar-refractivity contribution is 5.91. The number of rotatable bonds is 8. The quantitative estimate of drug-likeness (QED) is 0.789. The third-order valence-corrected chi connectivity index (χ3v) is 3.55. The van der Waals surface area contributed by atoms with Crippen LogP contribution in [0.5, 0.6) is 0 Å². The maximum atomic E-state index is 12.9. The monoisotopic (exact) mass is 343 g/mol. The lowest BCUT2D eigenvalue weighted by Crippen LogP contribution is -2.46. The first-order chi connectivity index (χ1) is 11.1. The van der Waals surface area contributed by atoms with E-state index < -0.39 is 36.2 Å². The van der Waals surface area contributed by atoms with Gasteiger partial charge in [-0.25, -0.2) is 0 Å². The van der Waals surface area contributed by atoms with E-state index >= 15 is 0 Å². The Hall–Kier alpha value is -2.18. The first kappa shape index (κ1) is 19.9. The highest BCUT2D eigenvalue weighted by Crippen LogP contribution is 2.29. The average molecular weight is 343 g/mol. The zero-order valence-electron chi connectivity index (χ0n) is 13.5. The van der Waals surface area contributed by atoms with Gasteiger partial charge in [0.05, 0.1) is 6.04 Å². The SMILES string of the molecule is CC(=O)CC(C(=O)N[C@@H](C)C(=O)CCc1ccccc1)C(F)(F)F. The van der Waals surface area contributed by atoms with Gasteiger partial charge in [0.2, 0.25) is 5.91 Å². The van der Waals surface area contributed by atoms with Gasteiger partial charge in [-0.1, -0.05) is 30.3 Å². The maximum absolute atomic E-state index is 12.9. The zero-order chi connectivity index (χ0) is 18.3. The van der Waals surface area contributed by atoms with Crippen molar-refractivity contribution in [2.24, 2.45) is 5.92 Å². The van der Waals surface area contributed by atoms with Gasteiger partial charge in [0.1, 0.15) is 11.7 Å². The molecule has 4 nitrogen and oxygen atoms in total. The summed E-state index contributed by atoms with van der Waals surface area (Å²) >= 11 is 0. The Morgan fingerprint density at radius 2 is 1.71 bits per heavy atom. The van der Waals surface area contributed by atoms with E-state index in [0.29, 0.717) is 6.42 Å². The Kier molecular flexibility index (Phi) is 7.13. The molecule has 1 aromatic rings. The minimum atomic E-state index is -4.83. The molecule has 132 valence electrons. The van der Waals surface area contributed by atoms with Crippen LogP contribution in [0.1, 0.15) is 32.3 Å². The molecule has 0 aromatic heterocycles. The topological polar surface area (TPSA) is 63.2 Å². The van der Waals surface area contributed by atoms with Crippen LogP contribution in [-0.4, -0.2) is 29.7 Å². The van der Waals surface area contributed by atoms with Crippen LogP contribution in [-0.2, 0) is 20.8 Å². The number of carbonyl (C=O) groups excluding carboxylic acids is 3. The van der Waals surface area contributed by atoms with Gasteiger partial charge in [0.25, 0.3) is 0 Å². The number of alkyl halides is 3. The van der Waals surface area contributed by atoms with Crippen LogP contribution < -0.4 is 5.32 Å². The van der Waals surface area contributed by atoms with E-state index in [1.54, 1.807) is 0 Å². The smallest absolute Gasteiger partial charge is 0.346 e. The minimum absolute atomic E-state index is 0.106. The molecule has 24 heavy (non-hydrogen) atoms. The molecule has 0 aliphatic rings. The van der Waals surface area contributed by atoms with Gasteiger partial charge in [-0.15, -0.1) is 0 Å². The molecule has 0 heterocycles. The lowest BCUT2D eigenvalue weighted by molar-refractivity contribution is -0.185. The third-order valence-electron chi connectivity index (χ3n) is 3.55. The number of aryl methyl sites for hydroxylation is 1. The Balaban J connectivity index is 2.60. The van der Waals surface area contributed by atoms with Crippen LogP contribution in [0.25, 0.3) is 0 Å². The van der Waals surface area contributed by atoms with Gasteiger partial charge in [-0.3, -0.25) is 14.4 Å². The van der Waals surface area contributed by atoms with Gasteiger partial charge >= 0.3 is 6.18 Å². The number of carbonyl (C=O) groups is 3. The minimum Gasteiger partial charge on any atom is -0.346 e. The number of hydrogen-bond donors (Lipinski definition) is 1. The predicted molar refractivity (Wildman–Crippen MR) is 82.2 cm³/mol. The molecule has 0 aliphatic carbocycles. The van der Waals surface area contributed by atoms with Gasteiger partial charge in [-0.05, 0) is 25.8 Å². The average Bonchev–Trinajstić information content (AvgIpc) is 2.49. The summed E-state index contributed by atoms with van der Waals surface area (Å²) in [7, 11) is 0. The van der Waals surface area contributed by atoms with Crippen molar-refractivity contribution >= 4 is 17.5 Å². The molecule has 0 saturated carbocycles. The Labute approximate surface area is 138 Å². The summed E-state index contributed by atoms with van der Waals surface area (Å²) in [4.78, 5) is 34.7. The molecule has 0 bridgehead atoms. The van der Waals surface area contributed by atoms with Gasteiger partial charge in [-0.2, -0.15) is 13.2 Å². The summed E-state index contributed by atoms with van der Waals surface area (Å²) in [6, 6.07) is 8.10. The molecule has 0 aliphatic heterocycles. The molecule has 0 fully saturated rings. The van der Waals surface area contributed by atoms with Crippen molar-refractivity contribution in [1.82, 2.24) is 5.32 Å². The van der Waals surface area contributed by atoms with Crippen molar-refractivity contribution in [2.45, 2.75) is 45.3 Å². The Morgan fingerprint density at radius 3 is 2.21 bits per heavy atom. The van der Waals surface area contributed by atoms with Gasteiger partial charge < -0.3 is 5.32 Å². The fraction of sp³-hybridized carbons (Fsp3) is 0.471. The first-order valence-electron chi connectivity index (χ1n) is 7.54. The molecule has 0 saturated heterocycles. The zero-order valence-corrected chi connectivity index (χ0v) is 13.5. The van der Waals surface area contributed by atoms with E-state index in [4.69, 9.17) is 0 Å². The molecule has 1 aromatic carbocycles. The van der Waals surface area contributed by atoms with Crippen molar-refractivity contribution in [3.8, 4) is 0 Å². The van der Waals surface area contributed by atoms with Crippen molar-refractivity contribution in [3.63, 3.8) is 0 Å². The molecule has 2 atom stereocenters. The molecule has 1 rings (SSSR count). The van der Waals surface area contributed by atoms with Crippen molar-refractivity contribution < 1.29 is 27.6 Å². The van der Waals surface area contributed by atoms with E-state index in [2.05, 4.69) is 5.32 Å². The summed E-state index contributed by atoms with van der Waals surface area (Å²) in [6.07, 6.45) is -5.21. The molecule has 1 amide bonds. The normalized spacial score (nSPS) is 13.9. The fourth-order valence-corrected chi connectivity index (χ4v) is 2.17. The highest BCUT2D eigenvalue weighted by atomic mass is 19.4. The number of ketones is 2. The summed E-state index contributed by atoms with van der Waals surface area (Å²) in [6.45, 7) is 2.33. The van der Waals surface area contributed by atoms with E-state index in [1.807, 2.05) is 30.3 Å². The molecule has 1 N–H and O–H groups in total. The number of halogens is 3. The Morgan fingerprint density at radius 1 is 1.12 bits per heavy atom. The van der Waals surface area contributed by atoms with Crippen LogP contribution in [0, 0.1) is 5.92 Å². The Bertz CT molecular complexity index is 584. The van der Waals surface area contributed by atoms with Crippen molar-refractivity contribution in [3.05, 3.63) is 35.9 Å². The molecule has 1 unspecified atom stereocenters.